The fourth-order valence-corrected chi connectivity index (χ4v) is 2.89. The molecule has 1 saturated carbocycles. The molecule has 5 nitrogen and oxygen atoms in total. The Morgan fingerprint density at radius 2 is 2.29 bits per heavy atom. The zero-order valence-corrected chi connectivity index (χ0v) is 11.9. The molecule has 0 N–H and O–H groups in total. The van der Waals surface area contributed by atoms with E-state index in [1.165, 1.54) is 19.2 Å². The predicted molar refractivity (Wildman–Crippen MR) is 78.4 cm³/mol. The SMILES string of the molecule is O=Cc1c(-c2nnco2)n(CC2CC2)c2cc(Cl)ccc12. The fraction of sp³-hybridized carbons (Fsp3) is 0.267. The van der Waals surface area contributed by atoms with E-state index in [0.29, 0.717) is 28.1 Å². The molecule has 1 aliphatic rings. The van der Waals surface area contributed by atoms with Crippen LogP contribution in [0.15, 0.2) is 29.0 Å². The van der Waals surface area contributed by atoms with Gasteiger partial charge >= 0.3 is 0 Å². The second-order valence-electron chi connectivity index (χ2n) is 5.34. The number of hydrogen-bond donors (Lipinski definition) is 0. The van der Waals surface area contributed by atoms with Crippen molar-refractivity contribution in [2.24, 2.45) is 5.92 Å². The Hall–Kier alpha value is -2.14. The van der Waals surface area contributed by atoms with Gasteiger partial charge in [0.25, 0.3) is 5.89 Å². The molecule has 0 spiro atoms. The van der Waals surface area contributed by atoms with Crippen molar-refractivity contribution in [2.45, 2.75) is 19.4 Å². The predicted octanol–water partition coefficient (Wildman–Crippen LogP) is 3.57. The third-order valence-corrected chi connectivity index (χ3v) is 4.12. The maximum atomic E-state index is 11.6. The Bertz CT molecular complexity index is 819. The molecule has 1 aromatic carbocycles. The lowest BCUT2D eigenvalue weighted by molar-refractivity contribution is 0.112. The van der Waals surface area contributed by atoms with Crippen LogP contribution in [0.4, 0.5) is 0 Å². The highest BCUT2D eigenvalue weighted by molar-refractivity contribution is 6.31. The van der Waals surface area contributed by atoms with Crippen molar-refractivity contribution < 1.29 is 9.21 Å². The summed E-state index contributed by atoms with van der Waals surface area (Å²) in [6.07, 6.45) is 4.54. The van der Waals surface area contributed by atoms with Gasteiger partial charge in [-0.15, -0.1) is 10.2 Å². The summed E-state index contributed by atoms with van der Waals surface area (Å²) < 4.78 is 7.41. The summed E-state index contributed by atoms with van der Waals surface area (Å²) in [5, 5.41) is 9.21. The van der Waals surface area contributed by atoms with Crippen molar-refractivity contribution in [3.8, 4) is 11.6 Å². The van der Waals surface area contributed by atoms with Crippen LogP contribution in [0, 0.1) is 5.92 Å². The van der Waals surface area contributed by atoms with E-state index in [4.69, 9.17) is 16.0 Å². The van der Waals surface area contributed by atoms with E-state index in [-0.39, 0.29) is 0 Å². The van der Waals surface area contributed by atoms with E-state index in [1.807, 2.05) is 12.1 Å². The van der Waals surface area contributed by atoms with Crippen molar-refractivity contribution in [3.05, 3.63) is 35.2 Å². The molecule has 0 aliphatic heterocycles. The number of carbonyl (C=O) groups is 1. The first-order valence-electron chi connectivity index (χ1n) is 6.81. The van der Waals surface area contributed by atoms with Crippen LogP contribution in [0.5, 0.6) is 0 Å². The van der Waals surface area contributed by atoms with E-state index < -0.39 is 0 Å². The fourth-order valence-electron chi connectivity index (χ4n) is 2.72. The van der Waals surface area contributed by atoms with Crippen LogP contribution in [-0.2, 0) is 6.54 Å². The van der Waals surface area contributed by atoms with E-state index >= 15 is 0 Å². The van der Waals surface area contributed by atoms with E-state index in [1.54, 1.807) is 6.07 Å². The van der Waals surface area contributed by atoms with Crippen LogP contribution in [0.1, 0.15) is 23.2 Å². The number of hydrogen-bond acceptors (Lipinski definition) is 4. The Morgan fingerprint density at radius 3 is 2.95 bits per heavy atom. The lowest BCUT2D eigenvalue weighted by atomic mass is 10.1. The zero-order valence-electron chi connectivity index (χ0n) is 11.1. The van der Waals surface area contributed by atoms with Gasteiger partial charge < -0.3 is 8.98 Å². The van der Waals surface area contributed by atoms with Gasteiger partial charge in [-0.05, 0) is 30.9 Å². The number of aldehydes is 1. The van der Waals surface area contributed by atoms with Gasteiger partial charge in [-0.25, -0.2) is 0 Å². The molecule has 1 fully saturated rings. The summed E-state index contributed by atoms with van der Waals surface area (Å²) in [6.45, 7) is 0.836. The third-order valence-electron chi connectivity index (χ3n) is 3.88. The smallest absolute Gasteiger partial charge is 0.264 e. The van der Waals surface area contributed by atoms with Crippen LogP contribution in [-0.4, -0.2) is 21.1 Å². The molecule has 21 heavy (non-hydrogen) atoms. The lowest BCUT2D eigenvalue weighted by Gasteiger charge is -2.07. The molecule has 2 heterocycles. The molecular formula is C15H12ClN3O2. The molecule has 0 bridgehead atoms. The van der Waals surface area contributed by atoms with Crippen LogP contribution in [0.2, 0.25) is 5.02 Å². The van der Waals surface area contributed by atoms with Crippen LogP contribution >= 0.6 is 11.6 Å². The number of benzene rings is 1. The summed E-state index contributed by atoms with van der Waals surface area (Å²) in [5.41, 5.74) is 2.20. The summed E-state index contributed by atoms with van der Waals surface area (Å²) in [5.74, 6) is 1.01. The van der Waals surface area contributed by atoms with Crippen molar-refractivity contribution in [2.75, 3.05) is 0 Å². The molecule has 0 amide bonds. The minimum absolute atomic E-state index is 0.366. The number of carbonyl (C=O) groups excluding carboxylic acids is 1. The Labute approximate surface area is 125 Å². The average Bonchev–Trinajstić information content (AvgIpc) is 3.04. The van der Waals surface area contributed by atoms with Gasteiger partial charge in [-0.3, -0.25) is 4.79 Å². The Balaban J connectivity index is 2.05. The number of nitrogens with zero attached hydrogens (tertiary/aromatic N) is 3. The summed E-state index contributed by atoms with van der Waals surface area (Å²) in [6, 6.07) is 5.53. The quantitative estimate of drug-likeness (QED) is 0.691. The van der Waals surface area contributed by atoms with Crippen LogP contribution < -0.4 is 0 Å². The minimum atomic E-state index is 0.366. The van der Waals surface area contributed by atoms with Crippen molar-refractivity contribution in [1.82, 2.24) is 14.8 Å². The van der Waals surface area contributed by atoms with Gasteiger partial charge in [0.15, 0.2) is 6.29 Å². The van der Waals surface area contributed by atoms with Crippen LogP contribution in [0.3, 0.4) is 0 Å². The highest BCUT2D eigenvalue weighted by atomic mass is 35.5. The molecule has 4 rings (SSSR count). The number of fused-ring (bicyclic) bond motifs is 1. The molecule has 3 aromatic rings. The molecule has 0 atom stereocenters. The largest absolute Gasteiger partial charge is 0.422 e. The zero-order chi connectivity index (χ0) is 14.4. The second kappa shape index (κ2) is 4.70. The maximum absolute atomic E-state index is 11.6. The highest BCUT2D eigenvalue weighted by Crippen LogP contribution is 2.38. The van der Waals surface area contributed by atoms with E-state index in [9.17, 15) is 4.79 Å². The minimum Gasteiger partial charge on any atom is -0.422 e. The third kappa shape index (κ3) is 2.05. The number of aromatic nitrogens is 3. The van der Waals surface area contributed by atoms with Gasteiger partial charge in [0.05, 0.1) is 11.1 Å². The first kappa shape index (κ1) is 12.6. The Kier molecular flexibility index (Phi) is 2.82. The summed E-state index contributed by atoms with van der Waals surface area (Å²) in [7, 11) is 0. The molecule has 106 valence electrons. The molecule has 1 aliphatic carbocycles. The highest BCUT2D eigenvalue weighted by Gasteiger charge is 2.27. The first-order valence-corrected chi connectivity index (χ1v) is 7.19. The van der Waals surface area contributed by atoms with Gasteiger partial charge in [0.1, 0.15) is 5.69 Å². The standard InChI is InChI=1S/C15H12ClN3O2/c16-10-3-4-11-12(7-20)14(15-18-17-8-21-15)19(13(11)5-10)6-9-1-2-9/h3-5,7-9H,1-2,6H2. The average molecular weight is 302 g/mol. The molecule has 2 aromatic heterocycles. The molecule has 6 heteroatoms. The number of halogens is 1. The monoisotopic (exact) mass is 301 g/mol. The van der Waals surface area contributed by atoms with Crippen molar-refractivity contribution in [1.29, 1.82) is 0 Å². The summed E-state index contributed by atoms with van der Waals surface area (Å²) >= 11 is 6.12. The summed E-state index contributed by atoms with van der Waals surface area (Å²) in [4.78, 5) is 11.6. The first-order chi connectivity index (χ1) is 10.3. The van der Waals surface area contributed by atoms with E-state index in [0.717, 1.165) is 23.7 Å². The van der Waals surface area contributed by atoms with Gasteiger partial charge in [-0.1, -0.05) is 17.7 Å². The van der Waals surface area contributed by atoms with Crippen LogP contribution in [0.25, 0.3) is 22.5 Å². The van der Waals surface area contributed by atoms with Gasteiger partial charge in [0.2, 0.25) is 6.39 Å². The molecule has 0 radical (unpaired) electrons. The Morgan fingerprint density at radius 1 is 1.43 bits per heavy atom. The molecular weight excluding hydrogens is 290 g/mol. The normalized spacial score (nSPS) is 14.7. The molecule has 0 saturated heterocycles. The van der Waals surface area contributed by atoms with E-state index in [2.05, 4.69) is 14.8 Å². The maximum Gasteiger partial charge on any atom is 0.264 e. The number of rotatable bonds is 4. The van der Waals surface area contributed by atoms with Gasteiger partial charge in [0, 0.05) is 17.0 Å². The topological polar surface area (TPSA) is 60.9 Å². The van der Waals surface area contributed by atoms with Gasteiger partial charge in [-0.2, -0.15) is 0 Å². The second-order valence-corrected chi connectivity index (χ2v) is 5.78. The lowest BCUT2D eigenvalue weighted by Crippen LogP contribution is -2.03. The van der Waals surface area contributed by atoms with Crippen molar-refractivity contribution in [3.63, 3.8) is 0 Å². The van der Waals surface area contributed by atoms with Crippen molar-refractivity contribution >= 4 is 28.8 Å². The molecule has 0 unspecified atom stereocenters.